The highest BCUT2D eigenvalue weighted by molar-refractivity contribution is 6.30. The SMILES string of the molecule is Cc1ccnc(NC(=O)COc2ccc(Cl)cc2-n2cnnc2)c1. The number of aromatic nitrogens is 4. The van der Waals surface area contributed by atoms with Crippen molar-refractivity contribution in [2.45, 2.75) is 6.92 Å². The van der Waals surface area contributed by atoms with E-state index in [4.69, 9.17) is 16.3 Å². The molecule has 0 fully saturated rings. The fraction of sp³-hybridized carbons (Fsp3) is 0.125. The first-order valence-electron chi connectivity index (χ1n) is 7.12. The van der Waals surface area contributed by atoms with Gasteiger partial charge in [0.2, 0.25) is 0 Å². The number of amides is 1. The zero-order chi connectivity index (χ0) is 16.9. The molecule has 0 unspecified atom stereocenters. The van der Waals surface area contributed by atoms with Crippen molar-refractivity contribution in [3.8, 4) is 11.4 Å². The summed E-state index contributed by atoms with van der Waals surface area (Å²) in [6.45, 7) is 1.76. The van der Waals surface area contributed by atoms with Gasteiger partial charge in [0, 0.05) is 11.2 Å². The van der Waals surface area contributed by atoms with Crippen LogP contribution >= 0.6 is 11.6 Å². The molecule has 24 heavy (non-hydrogen) atoms. The van der Waals surface area contributed by atoms with E-state index >= 15 is 0 Å². The zero-order valence-corrected chi connectivity index (χ0v) is 13.6. The number of nitrogens with one attached hydrogen (secondary N) is 1. The van der Waals surface area contributed by atoms with Crippen LogP contribution in [0.2, 0.25) is 5.02 Å². The lowest BCUT2D eigenvalue weighted by Crippen LogP contribution is -2.21. The van der Waals surface area contributed by atoms with E-state index in [1.54, 1.807) is 35.0 Å². The van der Waals surface area contributed by atoms with Crippen molar-refractivity contribution < 1.29 is 9.53 Å². The summed E-state index contributed by atoms with van der Waals surface area (Å²) in [5.74, 6) is 0.669. The van der Waals surface area contributed by atoms with Gasteiger partial charge in [0.1, 0.15) is 24.2 Å². The maximum atomic E-state index is 12.0. The Hall–Kier alpha value is -2.93. The van der Waals surface area contributed by atoms with Gasteiger partial charge in [0.15, 0.2) is 6.61 Å². The smallest absolute Gasteiger partial charge is 0.263 e. The summed E-state index contributed by atoms with van der Waals surface area (Å²) in [6.07, 6.45) is 4.68. The fourth-order valence-corrected chi connectivity index (χ4v) is 2.23. The Morgan fingerprint density at radius 2 is 2.04 bits per heavy atom. The van der Waals surface area contributed by atoms with Crippen LogP contribution in [0.4, 0.5) is 5.82 Å². The number of benzene rings is 1. The number of hydrogen-bond donors (Lipinski definition) is 1. The Bertz CT molecular complexity index is 851. The van der Waals surface area contributed by atoms with Crippen LogP contribution in [0.25, 0.3) is 5.69 Å². The maximum Gasteiger partial charge on any atom is 0.263 e. The Morgan fingerprint density at radius 1 is 1.25 bits per heavy atom. The summed E-state index contributed by atoms with van der Waals surface area (Å²) < 4.78 is 7.26. The van der Waals surface area contributed by atoms with Crippen molar-refractivity contribution in [2.24, 2.45) is 0 Å². The van der Waals surface area contributed by atoms with Gasteiger partial charge in [-0.05, 0) is 42.8 Å². The number of hydrogen-bond acceptors (Lipinski definition) is 5. The first kappa shape index (κ1) is 15.9. The molecule has 3 aromatic rings. The number of aryl methyl sites for hydroxylation is 1. The molecular weight excluding hydrogens is 330 g/mol. The minimum atomic E-state index is -0.308. The third-order valence-electron chi connectivity index (χ3n) is 3.16. The molecule has 0 aliphatic rings. The normalized spacial score (nSPS) is 10.4. The van der Waals surface area contributed by atoms with E-state index in [1.165, 1.54) is 12.7 Å². The van der Waals surface area contributed by atoms with Crippen LogP contribution in [0.1, 0.15) is 5.56 Å². The summed E-state index contributed by atoms with van der Waals surface area (Å²) in [4.78, 5) is 16.1. The second kappa shape index (κ2) is 7.10. The third-order valence-corrected chi connectivity index (χ3v) is 3.39. The maximum absolute atomic E-state index is 12.0. The molecule has 1 aromatic carbocycles. The second-order valence-electron chi connectivity index (χ2n) is 5.04. The molecular formula is C16H14ClN5O2. The number of anilines is 1. The van der Waals surface area contributed by atoms with Gasteiger partial charge in [-0.25, -0.2) is 4.98 Å². The molecule has 0 saturated heterocycles. The van der Waals surface area contributed by atoms with Crippen LogP contribution in [-0.2, 0) is 4.79 Å². The molecule has 0 aliphatic carbocycles. The Labute approximate surface area is 143 Å². The lowest BCUT2D eigenvalue weighted by molar-refractivity contribution is -0.118. The topological polar surface area (TPSA) is 81.9 Å². The lowest BCUT2D eigenvalue weighted by Gasteiger charge is -2.12. The van der Waals surface area contributed by atoms with Gasteiger partial charge in [-0.15, -0.1) is 10.2 Å². The van der Waals surface area contributed by atoms with Gasteiger partial charge >= 0.3 is 0 Å². The van der Waals surface area contributed by atoms with Crippen LogP contribution in [-0.4, -0.2) is 32.3 Å². The van der Waals surface area contributed by atoms with Crippen molar-refractivity contribution in [1.82, 2.24) is 19.7 Å². The largest absolute Gasteiger partial charge is 0.482 e. The lowest BCUT2D eigenvalue weighted by atomic mass is 10.3. The Kier molecular flexibility index (Phi) is 4.72. The Morgan fingerprint density at radius 3 is 2.79 bits per heavy atom. The van der Waals surface area contributed by atoms with Gasteiger partial charge in [-0.2, -0.15) is 0 Å². The number of carbonyl (C=O) groups excluding carboxylic acids is 1. The quantitative estimate of drug-likeness (QED) is 0.770. The second-order valence-corrected chi connectivity index (χ2v) is 5.47. The molecule has 0 aliphatic heterocycles. The molecule has 0 bridgehead atoms. The van der Waals surface area contributed by atoms with Gasteiger partial charge in [0.05, 0.1) is 5.69 Å². The van der Waals surface area contributed by atoms with E-state index in [2.05, 4.69) is 20.5 Å². The molecule has 2 aromatic heterocycles. The average Bonchev–Trinajstić information content (AvgIpc) is 3.08. The summed E-state index contributed by atoms with van der Waals surface area (Å²) in [5.41, 5.74) is 1.66. The number of nitrogens with zero attached hydrogens (tertiary/aromatic N) is 4. The third kappa shape index (κ3) is 3.88. The van der Waals surface area contributed by atoms with Crippen molar-refractivity contribution in [3.05, 3.63) is 59.8 Å². The first-order chi connectivity index (χ1) is 11.6. The molecule has 0 spiro atoms. The van der Waals surface area contributed by atoms with Crippen LogP contribution in [0, 0.1) is 6.92 Å². The number of carbonyl (C=O) groups is 1. The molecule has 0 saturated carbocycles. The summed E-state index contributed by atoms with van der Waals surface area (Å²) >= 11 is 6.02. The fourth-order valence-electron chi connectivity index (χ4n) is 2.07. The van der Waals surface area contributed by atoms with E-state index in [1.807, 2.05) is 13.0 Å². The standard InChI is InChI=1S/C16H14ClN5O2/c1-11-4-5-18-15(6-11)21-16(23)8-24-14-3-2-12(17)7-13(14)22-9-19-20-10-22/h2-7,9-10H,8H2,1H3,(H,18,21,23). The monoisotopic (exact) mass is 343 g/mol. The minimum absolute atomic E-state index is 0.160. The van der Waals surface area contributed by atoms with Crippen molar-refractivity contribution in [3.63, 3.8) is 0 Å². The van der Waals surface area contributed by atoms with Crippen LogP contribution in [0.5, 0.6) is 5.75 Å². The van der Waals surface area contributed by atoms with Crippen LogP contribution in [0.3, 0.4) is 0 Å². The van der Waals surface area contributed by atoms with Crippen molar-refractivity contribution in [1.29, 1.82) is 0 Å². The predicted molar refractivity (Wildman–Crippen MR) is 89.5 cm³/mol. The highest BCUT2D eigenvalue weighted by Gasteiger charge is 2.10. The van der Waals surface area contributed by atoms with Crippen molar-refractivity contribution >= 4 is 23.3 Å². The van der Waals surface area contributed by atoms with Crippen molar-refractivity contribution in [2.75, 3.05) is 11.9 Å². The molecule has 122 valence electrons. The average molecular weight is 344 g/mol. The van der Waals surface area contributed by atoms with Gasteiger partial charge in [-0.1, -0.05) is 11.6 Å². The van der Waals surface area contributed by atoms with Gasteiger partial charge in [-0.3, -0.25) is 9.36 Å². The molecule has 1 N–H and O–H groups in total. The molecule has 7 nitrogen and oxygen atoms in total. The highest BCUT2D eigenvalue weighted by Crippen LogP contribution is 2.26. The van der Waals surface area contributed by atoms with E-state index in [0.29, 0.717) is 22.3 Å². The summed E-state index contributed by atoms with van der Waals surface area (Å²) in [7, 11) is 0. The van der Waals surface area contributed by atoms with Crippen LogP contribution < -0.4 is 10.1 Å². The van der Waals surface area contributed by atoms with Gasteiger partial charge < -0.3 is 10.1 Å². The van der Waals surface area contributed by atoms with E-state index < -0.39 is 0 Å². The van der Waals surface area contributed by atoms with Gasteiger partial charge in [0.25, 0.3) is 5.91 Å². The number of rotatable bonds is 5. The Balaban J connectivity index is 1.69. The van der Waals surface area contributed by atoms with E-state index in [0.717, 1.165) is 5.56 Å². The highest BCUT2D eigenvalue weighted by atomic mass is 35.5. The molecule has 0 radical (unpaired) electrons. The number of ether oxygens (including phenoxy) is 1. The molecule has 3 rings (SSSR count). The predicted octanol–water partition coefficient (Wildman–Crippen LogP) is 2.64. The van der Waals surface area contributed by atoms with Crippen LogP contribution in [0.15, 0.2) is 49.2 Å². The summed E-state index contributed by atoms with van der Waals surface area (Å²) in [6, 6.07) is 8.72. The summed E-state index contributed by atoms with van der Waals surface area (Å²) in [5, 5.41) is 10.7. The zero-order valence-electron chi connectivity index (χ0n) is 12.8. The molecule has 2 heterocycles. The number of pyridine rings is 1. The van der Waals surface area contributed by atoms with E-state index in [-0.39, 0.29) is 12.5 Å². The minimum Gasteiger partial charge on any atom is -0.482 e. The molecule has 0 atom stereocenters. The first-order valence-corrected chi connectivity index (χ1v) is 7.49. The molecule has 8 heteroatoms. The molecule has 1 amide bonds. The van der Waals surface area contributed by atoms with E-state index in [9.17, 15) is 4.79 Å². The number of halogens is 1.